The summed E-state index contributed by atoms with van der Waals surface area (Å²) in [5.74, 6) is -0.118. The van der Waals surface area contributed by atoms with Gasteiger partial charge in [0.1, 0.15) is 0 Å². The minimum atomic E-state index is -0.307. The number of nitrogens with zero attached hydrogens (tertiary/aromatic N) is 1. The van der Waals surface area contributed by atoms with Gasteiger partial charge in [-0.25, -0.2) is 4.98 Å². The van der Waals surface area contributed by atoms with Gasteiger partial charge in [0.2, 0.25) is 5.78 Å². The molecule has 76 valence electrons. The van der Waals surface area contributed by atoms with Crippen molar-refractivity contribution >= 4 is 12.1 Å². The van der Waals surface area contributed by atoms with E-state index in [0.717, 1.165) is 0 Å². The van der Waals surface area contributed by atoms with E-state index in [2.05, 4.69) is 9.97 Å². The van der Waals surface area contributed by atoms with Crippen LogP contribution in [0.4, 0.5) is 0 Å². The average molecular weight is 204 g/mol. The summed E-state index contributed by atoms with van der Waals surface area (Å²) in [6.07, 6.45) is 1.86. The van der Waals surface area contributed by atoms with Crippen molar-refractivity contribution < 1.29 is 14.0 Å². The van der Waals surface area contributed by atoms with Crippen LogP contribution in [0.2, 0.25) is 0 Å². The third kappa shape index (κ3) is 1.59. The van der Waals surface area contributed by atoms with E-state index in [1.54, 1.807) is 6.92 Å². The Morgan fingerprint density at radius 3 is 2.87 bits per heavy atom. The summed E-state index contributed by atoms with van der Waals surface area (Å²) in [7, 11) is 0. The van der Waals surface area contributed by atoms with Gasteiger partial charge in [-0.05, 0) is 19.1 Å². The second-order valence-electron chi connectivity index (χ2n) is 3.04. The number of hydrogen-bond acceptors (Lipinski definition) is 4. The van der Waals surface area contributed by atoms with E-state index < -0.39 is 0 Å². The minimum Gasteiger partial charge on any atom is -0.440 e. The number of aromatic amines is 1. The predicted octanol–water partition coefficient (Wildman–Crippen LogP) is 1.35. The van der Waals surface area contributed by atoms with Gasteiger partial charge in [-0.1, -0.05) is 0 Å². The van der Waals surface area contributed by atoms with Crippen LogP contribution in [-0.4, -0.2) is 22.0 Å². The molecule has 0 amide bonds. The molecule has 0 aliphatic heterocycles. The average Bonchev–Trinajstić information content (AvgIpc) is 2.84. The molecule has 0 unspecified atom stereocenters. The zero-order valence-corrected chi connectivity index (χ0v) is 7.98. The quantitative estimate of drug-likeness (QED) is 0.604. The van der Waals surface area contributed by atoms with Crippen LogP contribution in [0.1, 0.15) is 32.4 Å². The molecule has 2 aromatic rings. The molecule has 0 atom stereocenters. The van der Waals surface area contributed by atoms with Gasteiger partial charge in [0.15, 0.2) is 18.4 Å². The molecule has 5 heteroatoms. The third-order valence-electron chi connectivity index (χ3n) is 2.03. The molecule has 15 heavy (non-hydrogen) atoms. The Morgan fingerprint density at radius 2 is 2.33 bits per heavy atom. The molecule has 2 rings (SSSR count). The first kappa shape index (κ1) is 9.39. The SMILES string of the molecule is Cc1ncoc1C(=O)c1ccc(C=O)[nH]1. The van der Waals surface area contributed by atoms with Crippen LogP contribution in [0.15, 0.2) is 22.9 Å². The summed E-state index contributed by atoms with van der Waals surface area (Å²) >= 11 is 0. The number of aromatic nitrogens is 2. The van der Waals surface area contributed by atoms with Crippen molar-refractivity contribution in [3.05, 3.63) is 41.4 Å². The van der Waals surface area contributed by atoms with E-state index in [0.29, 0.717) is 23.4 Å². The Morgan fingerprint density at radius 1 is 1.53 bits per heavy atom. The van der Waals surface area contributed by atoms with Gasteiger partial charge >= 0.3 is 0 Å². The molecular formula is C10H8N2O3. The van der Waals surface area contributed by atoms with Gasteiger partial charge in [0, 0.05) is 0 Å². The molecule has 0 bridgehead atoms. The van der Waals surface area contributed by atoms with Crippen molar-refractivity contribution in [1.29, 1.82) is 0 Å². The molecule has 0 fully saturated rings. The van der Waals surface area contributed by atoms with E-state index >= 15 is 0 Å². The second kappa shape index (κ2) is 3.53. The maximum absolute atomic E-state index is 11.8. The van der Waals surface area contributed by atoms with Crippen molar-refractivity contribution in [3.8, 4) is 0 Å². The van der Waals surface area contributed by atoms with E-state index in [4.69, 9.17) is 4.42 Å². The van der Waals surface area contributed by atoms with Gasteiger partial charge in [-0.2, -0.15) is 0 Å². The number of oxazole rings is 1. The molecule has 0 aliphatic rings. The maximum atomic E-state index is 11.8. The summed E-state index contributed by atoms with van der Waals surface area (Å²) in [5, 5.41) is 0. The van der Waals surface area contributed by atoms with E-state index in [-0.39, 0.29) is 11.5 Å². The minimum absolute atomic E-state index is 0.189. The number of nitrogens with one attached hydrogen (secondary N) is 1. The molecule has 2 aromatic heterocycles. The zero-order chi connectivity index (χ0) is 10.8. The Balaban J connectivity index is 2.36. The van der Waals surface area contributed by atoms with Crippen molar-refractivity contribution in [3.63, 3.8) is 0 Å². The Hall–Kier alpha value is -2.17. The highest BCUT2D eigenvalue weighted by atomic mass is 16.3. The van der Waals surface area contributed by atoms with Crippen LogP contribution < -0.4 is 0 Å². The summed E-state index contributed by atoms with van der Waals surface area (Å²) in [6, 6.07) is 3.07. The first-order valence-corrected chi connectivity index (χ1v) is 4.31. The molecule has 0 saturated heterocycles. The lowest BCUT2D eigenvalue weighted by Crippen LogP contribution is -2.02. The molecule has 0 spiro atoms. The first-order chi connectivity index (χ1) is 7.22. The number of ketones is 1. The lowest BCUT2D eigenvalue weighted by molar-refractivity contribution is 0.100. The fourth-order valence-corrected chi connectivity index (χ4v) is 1.26. The van der Waals surface area contributed by atoms with Crippen LogP contribution in [-0.2, 0) is 0 Å². The number of aryl methyl sites for hydroxylation is 1. The standard InChI is InChI=1S/C10H8N2O3/c1-6-10(15-5-11-6)9(14)8-3-2-7(4-13)12-8/h2-5,12H,1H3. The summed E-state index contributed by atoms with van der Waals surface area (Å²) in [6.45, 7) is 1.68. The number of carbonyl (C=O) groups excluding carboxylic acids is 2. The zero-order valence-electron chi connectivity index (χ0n) is 7.98. The number of rotatable bonds is 3. The lowest BCUT2D eigenvalue weighted by Gasteiger charge is -1.93. The van der Waals surface area contributed by atoms with Gasteiger partial charge in [0.25, 0.3) is 0 Å². The topological polar surface area (TPSA) is 76.0 Å². The Kier molecular flexibility index (Phi) is 2.21. The Bertz CT molecular complexity index is 510. The van der Waals surface area contributed by atoms with E-state index in [1.807, 2.05) is 0 Å². The van der Waals surface area contributed by atoms with Crippen LogP contribution in [0, 0.1) is 6.92 Å². The largest absolute Gasteiger partial charge is 0.440 e. The van der Waals surface area contributed by atoms with Crippen molar-refractivity contribution in [2.75, 3.05) is 0 Å². The number of H-pyrrole nitrogens is 1. The van der Waals surface area contributed by atoms with Crippen LogP contribution in [0.3, 0.4) is 0 Å². The van der Waals surface area contributed by atoms with Gasteiger partial charge in [-0.3, -0.25) is 9.59 Å². The number of aldehydes is 1. The summed E-state index contributed by atoms with van der Waals surface area (Å²) in [4.78, 5) is 28.7. The monoisotopic (exact) mass is 204 g/mol. The number of hydrogen-bond donors (Lipinski definition) is 1. The first-order valence-electron chi connectivity index (χ1n) is 4.31. The molecule has 5 nitrogen and oxygen atoms in total. The third-order valence-corrected chi connectivity index (χ3v) is 2.03. The van der Waals surface area contributed by atoms with E-state index in [1.165, 1.54) is 18.5 Å². The summed E-state index contributed by atoms with van der Waals surface area (Å²) < 4.78 is 4.95. The van der Waals surface area contributed by atoms with Gasteiger partial charge in [-0.15, -0.1) is 0 Å². The molecule has 1 N–H and O–H groups in total. The normalized spacial score (nSPS) is 10.2. The second-order valence-corrected chi connectivity index (χ2v) is 3.04. The summed E-state index contributed by atoms with van der Waals surface area (Å²) in [5.41, 5.74) is 1.20. The molecule has 0 radical (unpaired) electrons. The maximum Gasteiger partial charge on any atom is 0.246 e. The van der Waals surface area contributed by atoms with Gasteiger partial charge in [0.05, 0.1) is 17.1 Å². The van der Waals surface area contributed by atoms with Crippen molar-refractivity contribution in [2.45, 2.75) is 6.92 Å². The molecular weight excluding hydrogens is 196 g/mol. The fourth-order valence-electron chi connectivity index (χ4n) is 1.26. The van der Waals surface area contributed by atoms with Crippen molar-refractivity contribution in [2.24, 2.45) is 0 Å². The fraction of sp³-hybridized carbons (Fsp3) is 0.100. The highest BCUT2D eigenvalue weighted by molar-refractivity contribution is 6.06. The molecule has 0 saturated carbocycles. The van der Waals surface area contributed by atoms with Crippen LogP contribution >= 0.6 is 0 Å². The molecule has 2 heterocycles. The van der Waals surface area contributed by atoms with Crippen molar-refractivity contribution in [1.82, 2.24) is 9.97 Å². The highest BCUT2D eigenvalue weighted by Crippen LogP contribution is 2.12. The molecule has 0 aliphatic carbocycles. The van der Waals surface area contributed by atoms with Crippen LogP contribution in [0.5, 0.6) is 0 Å². The predicted molar refractivity (Wildman–Crippen MR) is 50.9 cm³/mol. The van der Waals surface area contributed by atoms with E-state index in [9.17, 15) is 9.59 Å². The highest BCUT2D eigenvalue weighted by Gasteiger charge is 2.17. The lowest BCUT2D eigenvalue weighted by atomic mass is 10.2. The van der Waals surface area contributed by atoms with Crippen LogP contribution in [0.25, 0.3) is 0 Å². The molecule has 0 aromatic carbocycles. The smallest absolute Gasteiger partial charge is 0.246 e. The van der Waals surface area contributed by atoms with Gasteiger partial charge < -0.3 is 9.40 Å². The number of carbonyl (C=O) groups is 2. The Labute approximate surface area is 85.1 Å².